The molecule has 1 aliphatic heterocycles. The first-order valence-electron chi connectivity index (χ1n) is 12.9. The second-order valence-electron chi connectivity index (χ2n) is 9.65. The molecule has 0 spiro atoms. The van der Waals surface area contributed by atoms with Crippen LogP contribution in [0.3, 0.4) is 0 Å². The lowest BCUT2D eigenvalue weighted by atomic mass is 10.00. The summed E-state index contributed by atoms with van der Waals surface area (Å²) in [6, 6.07) is 28.3. The molecule has 7 nitrogen and oxygen atoms in total. The van der Waals surface area contributed by atoms with Gasteiger partial charge in [0.25, 0.3) is 5.91 Å². The van der Waals surface area contributed by atoms with E-state index in [0.717, 1.165) is 11.1 Å². The fourth-order valence-electron chi connectivity index (χ4n) is 4.59. The van der Waals surface area contributed by atoms with Gasteiger partial charge in [0.15, 0.2) is 12.1 Å². The molecule has 1 fully saturated rings. The number of anilines is 1. The van der Waals surface area contributed by atoms with E-state index >= 15 is 0 Å². The maximum Gasteiger partial charge on any atom is 0.411 e. The van der Waals surface area contributed by atoms with Crippen molar-refractivity contribution in [2.24, 2.45) is 0 Å². The monoisotopic (exact) mass is 537 g/mol. The number of nitrogens with one attached hydrogen (secondary N) is 2. The molecule has 1 aliphatic rings. The molecule has 8 heteroatoms. The van der Waals surface area contributed by atoms with Gasteiger partial charge in [-0.25, -0.2) is 9.18 Å². The Hall–Kier alpha value is -4.98. The first kappa shape index (κ1) is 26.6. The lowest BCUT2D eigenvalue weighted by Crippen LogP contribution is -2.46. The van der Waals surface area contributed by atoms with Crippen molar-refractivity contribution in [3.05, 3.63) is 137 Å². The van der Waals surface area contributed by atoms with Gasteiger partial charge in [-0.15, -0.1) is 0 Å². The van der Waals surface area contributed by atoms with Gasteiger partial charge in [0.05, 0.1) is 6.54 Å². The molecule has 1 heterocycles. The molecule has 202 valence electrons. The SMILES string of the molecule is Cc1ccc(C(=O)Nc2cccc(C3OC(=O)N(Cc4ccc(F)cc4)C3C(=O)NCc3ccccc3)c2)cc1. The van der Waals surface area contributed by atoms with E-state index in [9.17, 15) is 18.8 Å². The number of nitrogens with zero attached hydrogens (tertiary/aromatic N) is 1. The Morgan fingerprint density at radius 3 is 2.33 bits per heavy atom. The molecule has 4 aromatic carbocycles. The van der Waals surface area contributed by atoms with Gasteiger partial charge < -0.3 is 15.4 Å². The van der Waals surface area contributed by atoms with Crippen LogP contribution in [0.4, 0.5) is 14.9 Å². The zero-order valence-corrected chi connectivity index (χ0v) is 21.8. The molecule has 0 bridgehead atoms. The van der Waals surface area contributed by atoms with Gasteiger partial charge in [-0.3, -0.25) is 14.5 Å². The highest BCUT2D eigenvalue weighted by molar-refractivity contribution is 6.04. The highest BCUT2D eigenvalue weighted by Gasteiger charge is 2.47. The molecule has 0 aromatic heterocycles. The smallest absolute Gasteiger partial charge is 0.411 e. The molecule has 2 unspecified atom stereocenters. The first-order valence-corrected chi connectivity index (χ1v) is 12.9. The maximum atomic E-state index is 13.6. The van der Waals surface area contributed by atoms with Crippen LogP contribution in [0.5, 0.6) is 0 Å². The van der Waals surface area contributed by atoms with E-state index in [2.05, 4.69) is 10.6 Å². The van der Waals surface area contributed by atoms with Crippen molar-refractivity contribution in [3.63, 3.8) is 0 Å². The van der Waals surface area contributed by atoms with Gasteiger partial charge in [0.1, 0.15) is 5.82 Å². The Bertz CT molecular complexity index is 1510. The zero-order valence-electron chi connectivity index (χ0n) is 21.8. The summed E-state index contributed by atoms with van der Waals surface area (Å²) >= 11 is 0. The molecule has 5 rings (SSSR count). The number of halogens is 1. The molecule has 40 heavy (non-hydrogen) atoms. The van der Waals surface area contributed by atoms with Crippen molar-refractivity contribution < 1.29 is 23.5 Å². The number of hydrogen-bond acceptors (Lipinski definition) is 4. The normalized spacial score (nSPS) is 16.4. The minimum atomic E-state index is -0.996. The summed E-state index contributed by atoms with van der Waals surface area (Å²) in [7, 11) is 0. The topological polar surface area (TPSA) is 87.7 Å². The van der Waals surface area contributed by atoms with E-state index in [1.165, 1.54) is 17.0 Å². The van der Waals surface area contributed by atoms with Gasteiger partial charge in [0.2, 0.25) is 5.91 Å². The number of amides is 3. The number of aryl methyl sites for hydroxylation is 1. The summed E-state index contributed by atoms with van der Waals surface area (Å²) in [4.78, 5) is 40.8. The minimum absolute atomic E-state index is 0.0584. The van der Waals surface area contributed by atoms with Crippen molar-refractivity contribution in [2.75, 3.05) is 5.32 Å². The lowest BCUT2D eigenvalue weighted by Gasteiger charge is -2.24. The van der Waals surface area contributed by atoms with E-state index < -0.39 is 30.0 Å². The van der Waals surface area contributed by atoms with Gasteiger partial charge in [0, 0.05) is 17.8 Å². The van der Waals surface area contributed by atoms with Crippen LogP contribution in [-0.2, 0) is 22.6 Å². The minimum Gasteiger partial charge on any atom is -0.438 e. The van der Waals surface area contributed by atoms with Crippen molar-refractivity contribution in [1.82, 2.24) is 10.2 Å². The second-order valence-corrected chi connectivity index (χ2v) is 9.65. The molecule has 0 saturated carbocycles. The number of carbonyl (C=O) groups excluding carboxylic acids is 3. The standard InChI is InChI=1S/C32H28FN3O4/c1-21-10-14-24(15-11-21)30(37)35-27-9-5-8-25(18-27)29-28(31(38)34-19-22-6-3-2-4-7-22)36(32(39)40-29)20-23-12-16-26(33)17-13-23/h2-18,28-29H,19-20H2,1H3,(H,34,38)(H,35,37). The van der Waals surface area contributed by atoms with Crippen molar-refractivity contribution in [1.29, 1.82) is 0 Å². The number of cyclic esters (lactones) is 1. The molecule has 0 aliphatic carbocycles. The Balaban J connectivity index is 1.40. The molecule has 2 N–H and O–H groups in total. The van der Waals surface area contributed by atoms with Crippen molar-refractivity contribution >= 4 is 23.6 Å². The van der Waals surface area contributed by atoms with Crippen molar-refractivity contribution in [3.8, 4) is 0 Å². The number of ether oxygens (including phenoxy) is 1. The predicted molar refractivity (Wildman–Crippen MR) is 149 cm³/mol. The van der Waals surface area contributed by atoms with E-state index in [4.69, 9.17) is 4.74 Å². The Kier molecular flexibility index (Phi) is 7.87. The Labute approximate surface area is 231 Å². The third-order valence-corrected chi connectivity index (χ3v) is 6.72. The quantitative estimate of drug-likeness (QED) is 0.299. The predicted octanol–water partition coefficient (Wildman–Crippen LogP) is 5.76. The van der Waals surface area contributed by atoms with Gasteiger partial charge in [-0.05, 0) is 60.0 Å². The number of rotatable bonds is 8. The van der Waals surface area contributed by atoms with E-state index in [1.54, 1.807) is 48.5 Å². The van der Waals surface area contributed by atoms with Crippen LogP contribution in [0.1, 0.15) is 38.7 Å². The van der Waals surface area contributed by atoms with Crippen molar-refractivity contribution in [2.45, 2.75) is 32.2 Å². The highest BCUT2D eigenvalue weighted by atomic mass is 19.1. The fourth-order valence-corrected chi connectivity index (χ4v) is 4.59. The van der Waals surface area contributed by atoms with E-state index in [-0.39, 0.29) is 19.0 Å². The lowest BCUT2D eigenvalue weighted by molar-refractivity contribution is -0.126. The highest BCUT2D eigenvalue weighted by Crippen LogP contribution is 2.35. The van der Waals surface area contributed by atoms with Crippen LogP contribution in [0, 0.1) is 12.7 Å². The number of carbonyl (C=O) groups is 3. The summed E-state index contributed by atoms with van der Waals surface area (Å²) in [6.45, 7) is 2.27. The average molecular weight is 538 g/mol. The Morgan fingerprint density at radius 1 is 0.875 bits per heavy atom. The summed E-state index contributed by atoms with van der Waals surface area (Å²) in [5.74, 6) is -1.07. The summed E-state index contributed by atoms with van der Waals surface area (Å²) < 4.78 is 19.2. The van der Waals surface area contributed by atoms with Crippen LogP contribution in [0.2, 0.25) is 0 Å². The van der Waals surface area contributed by atoms with Gasteiger partial charge in [-0.2, -0.15) is 0 Å². The molecule has 0 radical (unpaired) electrons. The van der Waals surface area contributed by atoms with Gasteiger partial charge in [-0.1, -0.05) is 72.3 Å². The summed E-state index contributed by atoms with van der Waals surface area (Å²) in [5, 5.41) is 5.79. The van der Waals surface area contributed by atoms with Crippen LogP contribution < -0.4 is 10.6 Å². The molecule has 4 aromatic rings. The van der Waals surface area contributed by atoms with E-state index in [1.807, 2.05) is 49.4 Å². The van der Waals surface area contributed by atoms with Crippen LogP contribution in [0.25, 0.3) is 0 Å². The van der Waals surface area contributed by atoms with Crippen LogP contribution >= 0.6 is 0 Å². The number of hydrogen-bond donors (Lipinski definition) is 2. The first-order chi connectivity index (χ1) is 19.4. The number of benzene rings is 4. The molecular formula is C32H28FN3O4. The largest absolute Gasteiger partial charge is 0.438 e. The molecule has 3 amide bonds. The average Bonchev–Trinajstić information content (AvgIpc) is 3.29. The molecule has 1 saturated heterocycles. The fraction of sp³-hybridized carbons (Fsp3) is 0.156. The molecular weight excluding hydrogens is 509 g/mol. The maximum absolute atomic E-state index is 13.6. The summed E-state index contributed by atoms with van der Waals surface area (Å²) in [6.07, 6.45) is -1.59. The summed E-state index contributed by atoms with van der Waals surface area (Å²) in [5.41, 5.74) is 4.16. The third kappa shape index (κ3) is 6.18. The molecule has 2 atom stereocenters. The van der Waals surface area contributed by atoms with Crippen LogP contribution in [-0.4, -0.2) is 28.8 Å². The van der Waals surface area contributed by atoms with Crippen LogP contribution in [0.15, 0.2) is 103 Å². The zero-order chi connectivity index (χ0) is 28.1. The third-order valence-electron chi connectivity index (χ3n) is 6.72. The Morgan fingerprint density at radius 2 is 1.60 bits per heavy atom. The van der Waals surface area contributed by atoms with Gasteiger partial charge >= 0.3 is 6.09 Å². The second kappa shape index (κ2) is 11.8. The van der Waals surface area contributed by atoms with E-state index in [0.29, 0.717) is 22.4 Å².